The van der Waals surface area contributed by atoms with Crippen molar-refractivity contribution in [3.8, 4) is 0 Å². The number of carbonyl (C=O) groups is 2. The van der Waals surface area contributed by atoms with Crippen molar-refractivity contribution in [1.82, 2.24) is 15.1 Å². The second-order valence-corrected chi connectivity index (χ2v) is 7.20. The van der Waals surface area contributed by atoms with E-state index in [-0.39, 0.29) is 18.5 Å². The molecule has 6 heteroatoms. The Bertz CT molecular complexity index is 606. The molecular formula is C20H31N3O3. The van der Waals surface area contributed by atoms with Crippen LogP contribution in [-0.4, -0.2) is 72.6 Å². The molecule has 1 saturated heterocycles. The van der Waals surface area contributed by atoms with E-state index in [0.717, 1.165) is 38.8 Å². The van der Waals surface area contributed by atoms with E-state index >= 15 is 0 Å². The quantitative estimate of drug-likeness (QED) is 0.735. The molecule has 144 valence electrons. The zero-order chi connectivity index (χ0) is 18.9. The highest BCUT2D eigenvalue weighted by atomic mass is 16.4. The fraction of sp³-hybridized carbons (Fsp3) is 0.600. The Morgan fingerprint density at radius 1 is 1.27 bits per heavy atom. The number of likely N-dealkylation sites (N-methyl/N-ethyl adjacent to an activating group) is 1. The van der Waals surface area contributed by atoms with Crippen molar-refractivity contribution >= 4 is 11.9 Å². The number of likely N-dealkylation sites (tertiary alicyclic amines) is 1. The van der Waals surface area contributed by atoms with Crippen LogP contribution >= 0.6 is 0 Å². The molecule has 2 N–H and O–H groups in total. The molecule has 0 bridgehead atoms. The molecule has 6 nitrogen and oxygen atoms in total. The predicted molar refractivity (Wildman–Crippen MR) is 102 cm³/mol. The van der Waals surface area contributed by atoms with E-state index < -0.39 is 5.97 Å². The average molecular weight is 361 g/mol. The maximum atomic E-state index is 12.2. The molecule has 0 saturated carbocycles. The van der Waals surface area contributed by atoms with Crippen molar-refractivity contribution in [3.63, 3.8) is 0 Å². The molecule has 1 amide bonds. The Hall–Kier alpha value is -1.92. The highest BCUT2D eigenvalue weighted by molar-refractivity contribution is 5.78. The first-order valence-corrected chi connectivity index (χ1v) is 9.41. The Morgan fingerprint density at radius 2 is 2.04 bits per heavy atom. The number of hydrogen-bond donors (Lipinski definition) is 2. The highest BCUT2D eigenvalue weighted by Gasteiger charge is 2.22. The van der Waals surface area contributed by atoms with Gasteiger partial charge >= 0.3 is 5.97 Å². The van der Waals surface area contributed by atoms with Gasteiger partial charge in [0, 0.05) is 19.1 Å². The maximum absolute atomic E-state index is 12.2. The van der Waals surface area contributed by atoms with Gasteiger partial charge in [0.2, 0.25) is 5.91 Å². The number of hydrogen-bond acceptors (Lipinski definition) is 4. The van der Waals surface area contributed by atoms with Crippen LogP contribution in [0.2, 0.25) is 0 Å². The van der Waals surface area contributed by atoms with E-state index in [1.165, 1.54) is 11.1 Å². The van der Waals surface area contributed by atoms with Crippen LogP contribution in [0.3, 0.4) is 0 Å². The van der Waals surface area contributed by atoms with Gasteiger partial charge in [0.1, 0.15) is 0 Å². The number of nitrogens with one attached hydrogen (secondary N) is 1. The summed E-state index contributed by atoms with van der Waals surface area (Å²) >= 11 is 0. The number of aliphatic carboxylic acids is 1. The summed E-state index contributed by atoms with van der Waals surface area (Å²) in [5.41, 5.74) is 2.53. The number of aryl methyl sites for hydroxylation is 1. The van der Waals surface area contributed by atoms with Gasteiger partial charge in [-0.3, -0.25) is 19.4 Å². The lowest BCUT2D eigenvalue weighted by Crippen LogP contribution is -2.39. The van der Waals surface area contributed by atoms with Crippen LogP contribution in [0.25, 0.3) is 0 Å². The molecule has 1 aliphatic rings. The summed E-state index contributed by atoms with van der Waals surface area (Å²) in [5.74, 6) is -0.724. The van der Waals surface area contributed by atoms with Gasteiger partial charge < -0.3 is 10.4 Å². The number of carbonyl (C=O) groups excluding carboxylic acids is 1. The number of benzene rings is 1. The number of rotatable bonds is 8. The topological polar surface area (TPSA) is 72.9 Å². The minimum Gasteiger partial charge on any atom is -0.480 e. The van der Waals surface area contributed by atoms with E-state index in [1.807, 2.05) is 24.1 Å². The van der Waals surface area contributed by atoms with Crippen molar-refractivity contribution in [3.05, 3.63) is 35.4 Å². The lowest BCUT2D eigenvalue weighted by atomic mass is 10.1. The number of amides is 1. The molecule has 0 aliphatic carbocycles. The normalized spacial score (nSPS) is 18.5. The van der Waals surface area contributed by atoms with Crippen LogP contribution < -0.4 is 5.32 Å². The molecular weight excluding hydrogens is 330 g/mol. The van der Waals surface area contributed by atoms with Gasteiger partial charge in [0.25, 0.3) is 0 Å². The predicted octanol–water partition coefficient (Wildman–Crippen LogP) is 1.52. The number of nitrogens with zero attached hydrogens (tertiary/aromatic N) is 2. The Balaban J connectivity index is 1.70. The largest absolute Gasteiger partial charge is 0.480 e. The van der Waals surface area contributed by atoms with Gasteiger partial charge in [0.15, 0.2) is 0 Å². The summed E-state index contributed by atoms with van der Waals surface area (Å²) in [7, 11) is 1.87. The monoisotopic (exact) mass is 361 g/mol. The van der Waals surface area contributed by atoms with Crippen molar-refractivity contribution in [2.24, 2.45) is 0 Å². The summed E-state index contributed by atoms with van der Waals surface area (Å²) in [4.78, 5) is 27.2. The molecule has 1 aromatic carbocycles. The second kappa shape index (κ2) is 10.3. The molecule has 1 aliphatic heterocycles. The fourth-order valence-electron chi connectivity index (χ4n) is 3.57. The summed E-state index contributed by atoms with van der Waals surface area (Å²) in [5, 5.41) is 12.0. The van der Waals surface area contributed by atoms with Gasteiger partial charge in [-0.15, -0.1) is 0 Å². The van der Waals surface area contributed by atoms with Gasteiger partial charge in [-0.05, 0) is 57.3 Å². The molecule has 1 unspecified atom stereocenters. The molecule has 26 heavy (non-hydrogen) atoms. The molecule has 1 fully saturated rings. The van der Waals surface area contributed by atoms with Crippen LogP contribution in [0.5, 0.6) is 0 Å². The zero-order valence-electron chi connectivity index (χ0n) is 15.9. The summed E-state index contributed by atoms with van der Waals surface area (Å²) in [6.07, 6.45) is 3.72. The third-order valence-electron chi connectivity index (χ3n) is 5.14. The molecule has 1 aromatic rings. The Labute approximate surface area is 156 Å². The van der Waals surface area contributed by atoms with Gasteiger partial charge in [-0.1, -0.05) is 24.3 Å². The standard InChI is InChI=1S/C20H31N3O3/c1-16-6-3-4-7-17(16)9-11-21-19(24)14-23-12-5-8-18(10-13-23)22(2)15-20(25)26/h3-4,6-7,18H,5,8-15H2,1-2H3,(H,21,24)(H,25,26). The molecule has 0 aromatic heterocycles. The molecule has 1 atom stereocenters. The summed E-state index contributed by atoms with van der Waals surface area (Å²) in [6.45, 7) is 4.96. The maximum Gasteiger partial charge on any atom is 0.317 e. The van der Waals surface area contributed by atoms with Crippen LogP contribution in [0.1, 0.15) is 30.4 Å². The SMILES string of the molecule is Cc1ccccc1CCNC(=O)CN1CCCC(N(C)CC(=O)O)CC1. The third kappa shape index (κ3) is 6.77. The third-order valence-corrected chi connectivity index (χ3v) is 5.14. The minimum absolute atomic E-state index is 0.0657. The second-order valence-electron chi connectivity index (χ2n) is 7.20. The smallest absolute Gasteiger partial charge is 0.317 e. The lowest BCUT2D eigenvalue weighted by Gasteiger charge is -2.25. The number of carboxylic acids is 1. The summed E-state index contributed by atoms with van der Waals surface area (Å²) < 4.78 is 0. The average Bonchev–Trinajstić information content (AvgIpc) is 2.81. The van der Waals surface area contributed by atoms with Crippen LogP contribution in [0.4, 0.5) is 0 Å². The fourth-order valence-corrected chi connectivity index (χ4v) is 3.57. The van der Waals surface area contributed by atoms with Crippen molar-refractivity contribution in [2.75, 3.05) is 39.8 Å². The van der Waals surface area contributed by atoms with Gasteiger partial charge in [-0.25, -0.2) is 0 Å². The zero-order valence-corrected chi connectivity index (χ0v) is 15.9. The first-order valence-electron chi connectivity index (χ1n) is 9.41. The first kappa shape index (κ1) is 20.4. The molecule has 0 spiro atoms. The van der Waals surface area contributed by atoms with Crippen LogP contribution in [-0.2, 0) is 16.0 Å². The van der Waals surface area contributed by atoms with Gasteiger partial charge in [0.05, 0.1) is 13.1 Å². The van der Waals surface area contributed by atoms with E-state index in [9.17, 15) is 9.59 Å². The van der Waals surface area contributed by atoms with E-state index in [2.05, 4.69) is 29.3 Å². The Morgan fingerprint density at radius 3 is 2.77 bits per heavy atom. The van der Waals surface area contributed by atoms with Crippen LogP contribution in [0.15, 0.2) is 24.3 Å². The van der Waals surface area contributed by atoms with Crippen LogP contribution in [0, 0.1) is 6.92 Å². The molecule has 2 rings (SSSR count). The van der Waals surface area contributed by atoms with E-state index in [0.29, 0.717) is 13.1 Å². The minimum atomic E-state index is -0.790. The first-order chi connectivity index (χ1) is 12.5. The van der Waals surface area contributed by atoms with Crippen molar-refractivity contribution in [1.29, 1.82) is 0 Å². The molecule has 0 radical (unpaired) electrons. The number of carboxylic acid groups (broad SMARTS) is 1. The van der Waals surface area contributed by atoms with Gasteiger partial charge in [-0.2, -0.15) is 0 Å². The van der Waals surface area contributed by atoms with E-state index in [4.69, 9.17) is 5.11 Å². The van der Waals surface area contributed by atoms with Crippen molar-refractivity contribution < 1.29 is 14.7 Å². The van der Waals surface area contributed by atoms with Crippen molar-refractivity contribution in [2.45, 2.75) is 38.6 Å². The lowest BCUT2D eigenvalue weighted by molar-refractivity contribution is -0.138. The molecule has 1 heterocycles. The summed E-state index contributed by atoms with van der Waals surface area (Å²) in [6, 6.07) is 8.52. The highest BCUT2D eigenvalue weighted by Crippen LogP contribution is 2.15. The van der Waals surface area contributed by atoms with E-state index in [1.54, 1.807) is 0 Å². The Kier molecular flexibility index (Phi) is 8.06.